The third-order valence-electron chi connectivity index (χ3n) is 5.12. The van der Waals surface area contributed by atoms with Gasteiger partial charge < -0.3 is 4.74 Å². The van der Waals surface area contributed by atoms with Crippen molar-refractivity contribution in [3.05, 3.63) is 18.0 Å². The molecule has 0 aromatic carbocycles. The van der Waals surface area contributed by atoms with E-state index in [0.29, 0.717) is 12.1 Å². The van der Waals surface area contributed by atoms with Crippen molar-refractivity contribution in [2.75, 3.05) is 20.2 Å². The number of methoxy groups -OCH3 is 1. The first-order valence-electron chi connectivity index (χ1n) is 8.53. The van der Waals surface area contributed by atoms with E-state index in [-0.39, 0.29) is 0 Å². The first kappa shape index (κ1) is 15.6. The summed E-state index contributed by atoms with van der Waals surface area (Å²) in [5.41, 5.74) is 1.03. The van der Waals surface area contributed by atoms with Crippen LogP contribution >= 0.6 is 0 Å². The van der Waals surface area contributed by atoms with Gasteiger partial charge >= 0.3 is 0 Å². The van der Waals surface area contributed by atoms with Crippen LogP contribution in [0.25, 0.3) is 0 Å². The molecule has 1 unspecified atom stereocenters. The molecule has 2 fully saturated rings. The number of hydrogen-bond donors (Lipinski definition) is 0. The summed E-state index contributed by atoms with van der Waals surface area (Å²) in [4.78, 5) is 2.59. The van der Waals surface area contributed by atoms with Crippen LogP contribution in [0.15, 0.2) is 12.4 Å². The summed E-state index contributed by atoms with van der Waals surface area (Å²) in [6.07, 6.45) is 11.9. The Bertz CT molecular complexity index is 528. The molecule has 1 aliphatic heterocycles. The van der Waals surface area contributed by atoms with Crippen LogP contribution in [-0.2, 0) is 11.8 Å². The topological polar surface area (TPSA) is 30.3 Å². The molecule has 1 aromatic heterocycles. The summed E-state index contributed by atoms with van der Waals surface area (Å²) >= 11 is 0. The fourth-order valence-electron chi connectivity index (χ4n) is 3.81. The number of nitrogens with zero attached hydrogens (tertiary/aromatic N) is 3. The molecule has 4 heteroatoms. The van der Waals surface area contributed by atoms with E-state index in [1.54, 1.807) is 0 Å². The van der Waals surface area contributed by atoms with Crippen LogP contribution in [0, 0.1) is 17.8 Å². The molecule has 0 N–H and O–H groups in total. The molecule has 22 heavy (non-hydrogen) atoms. The van der Waals surface area contributed by atoms with Crippen LogP contribution in [0.1, 0.15) is 44.1 Å². The SMILES string of the molecule is COC1CCN(C(C#Cc2cnn(C)c2)C2CCCC2)CC1. The van der Waals surface area contributed by atoms with Gasteiger partial charge in [0.1, 0.15) is 0 Å². The summed E-state index contributed by atoms with van der Waals surface area (Å²) in [5.74, 6) is 7.67. The third kappa shape index (κ3) is 3.71. The second kappa shape index (κ2) is 7.30. The summed E-state index contributed by atoms with van der Waals surface area (Å²) in [7, 11) is 3.77. The molecule has 120 valence electrons. The molecule has 4 nitrogen and oxygen atoms in total. The second-order valence-electron chi connectivity index (χ2n) is 6.63. The van der Waals surface area contributed by atoms with Gasteiger partial charge in [-0.05, 0) is 31.6 Å². The van der Waals surface area contributed by atoms with Crippen molar-refractivity contribution in [3.8, 4) is 11.8 Å². The predicted octanol–water partition coefficient (Wildman–Crippen LogP) is 2.44. The zero-order chi connectivity index (χ0) is 15.4. The Morgan fingerprint density at radius 1 is 1.23 bits per heavy atom. The summed E-state index contributed by atoms with van der Waals surface area (Å²) in [6, 6.07) is 0.403. The van der Waals surface area contributed by atoms with Gasteiger partial charge in [-0.3, -0.25) is 9.58 Å². The van der Waals surface area contributed by atoms with E-state index in [4.69, 9.17) is 4.74 Å². The first-order chi connectivity index (χ1) is 10.8. The number of ether oxygens (including phenoxy) is 1. The number of rotatable bonds is 3. The fraction of sp³-hybridized carbons (Fsp3) is 0.722. The largest absolute Gasteiger partial charge is 0.381 e. The molecular weight excluding hydrogens is 274 g/mol. The Balaban J connectivity index is 1.71. The monoisotopic (exact) mass is 301 g/mol. The number of likely N-dealkylation sites (tertiary alicyclic amines) is 1. The molecule has 3 rings (SSSR count). The highest BCUT2D eigenvalue weighted by molar-refractivity contribution is 5.31. The summed E-state index contributed by atoms with van der Waals surface area (Å²) in [5, 5.41) is 4.21. The number of aryl methyl sites for hydroxylation is 1. The zero-order valence-corrected chi connectivity index (χ0v) is 13.8. The van der Waals surface area contributed by atoms with Crippen LogP contribution in [0.3, 0.4) is 0 Å². The lowest BCUT2D eigenvalue weighted by Gasteiger charge is -2.37. The van der Waals surface area contributed by atoms with Gasteiger partial charge in [-0.15, -0.1) is 0 Å². The van der Waals surface area contributed by atoms with Crippen LogP contribution in [-0.4, -0.2) is 47.0 Å². The lowest BCUT2D eigenvalue weighted by molar-refractivity contribution is 0.0272. The lowest BCUT2D eigenvalue weighted by atomic mass is 9.94. The molecule has 1 saturated carbocycles. The van der Waals surface area contributed by atoms with Gasteiger partial charge in [-0.25, -0.2) is 0 Å². The molecule has 2 heterocycles. The lowest BCUT2D eigenvalue weighted by Crippen LogP contribution is -2.45. The maximum Gasteiger partial charge on any atom is 0.0746 e. The van der Waals surface area contributed by atoms with Crippen molar-refractivity contribution < 1.29 is 4.74 Å². The average molecular weight is 301 g/mol. The highest BCUT2D eigenvalue weighted by Crippen LogP contribution is 2.31. The van der Waals surface area contributed by atoms with Gasteiger partial charge in [-0.1, -0.05) is 24.7 Å². The molecule has 0 radical (unpaired) electrons. The van der Waals surface area contributed by atoms with E-state index in [1.165, 1.54) is 25.7 Å². The molecule has 1 atom stereocenters. The standard InChI is InChI=1S/C18H27N3O/c1-20-14-15(13-19-20)7-8-18(16-5-3-4-6-16)21-11-9-17(22-2)10-12-21/h13-14,16-18H,3-6,9-12H2,1-2H3. The van der Waals surface area contributed by atoms with Gasteiger partial charge in [0.25, 0.3) is 0 Å². The number of piperidine rings is 1. The first-order valence-corrected chi connectivity index (χ1v) is 8.53. The smallest absolute Gasteiger partial charge is 0.0746 e. The quantitative estimate of drug-likeness (QED) is 0.803. The van der Waals surface area contributed by atoms with E-state index < -0.39 is 0 Å². The van der Waals surface area contributed by atoms with Crippen molar-refractivity contribution in [2.24, 2.45) is 13.0 Å². The van der Waals surface area contributed by atoms with Crippen molar-refractivity contribution in [2.45, 2.75) is 50.7 Å². The summed E-state index contributed by atoms with van der Waals surface area (Å²) in [6.45, 7) is 2.22. The fourth-order valence-corrected chi connectivity index (χ4v) is 3.81. The minimum atomic E-state index is 0.403. The predicted molar refractivity (Wildman–Crippen MR) is 87.4 cm³/mol. The minimum Gasteiger partial charge on any atom is -0.381 e. The van der Waals surface area contributed by atoms with Gasteiger partial charge in [-0.2, -0.15) is 5.10 Å². The normalized spacial score (nSPS) is 22.5. The molecule has 0 amide bonds. The average Bonchev–Trinajstić information content (AvgIpc) is 3.20. The Morgan fingerprint density at radius 2 is 1.95 bits per heavy atom. The van der Waals surface area contributed by atoms with E-state index in [1.807, 2.05) is 31.2 Å². The van der Waals surface area contributed by atoms with Crippen molar-refractivity contribution in [1.29, 1.82) is 0 Å². The zero-order valence-electron chi connectivity index (χ0n) is 13.8. The number of hydrogen-bond acceptors (Lipinski definition) is 3. The van der Waals surface area contributed by atoms with Crippen molar-refractivity contribution in [3.63, 3.8) is 0 Å². The Morgan fingerprint density at radius 3 is 2.55 bits per heavy atom. The maximum atomic E-state index is 5.50. The second-order valence-corrected chi connectivity index (χ2v) is 6.63. The molecule has 1 aromatic rings. The van der Waals surface area contributed by atoms with Crippen molar-refractivity contribution >= 4 is 0 Å². The molecular formula is C18H27N3O. The minimum absolute atomic E-state index is 0.403. The Kier molecular flexibility index (Phi) is 5.17. The maximum absolute atomic E-state index is 5.50. The Hall–Kier alpha value is -1.31. The molecule has 0 spiro atoms. The van der Waals surface area contributed by atoms with Crippen LogP contribution in [0.5, 0.6) is 0 Å². The molecule has 0 bridgehead atoms. The van der Waals surface area contributed by atoms with Crippen LogP contribution < -0.4 is 0 Å². The summed E-state index contributed by atoms with van der Waals surface area (Å²) < 4.78 is 7.32. The van der Waals surface area contributed by atoms with Crippen LogP contribution in [0.2, 0.25) is 0 Å². The van der Waals surface area contributed by atoms with Crippen LogP contribution in [0.4, 0.5) is 0 Å². The highest BCUT2D eigenvalue weighted by atomic mass is 16.5. The molecule has 1 aliphatic carbocycles. The van der Waals surface area contributed by atoms with E-state index in [0.717, 1.165) is 37.4 Å². The van der Waals surface area contributed by atoms with Gasteiger partial charge in [0.05, 0.1) is 23.9 Å². The third-order valence-corrected chi connectivity index (χ3v) is 5.12. The van der Waals surface area contributed by atoms with E-state index in [9.17, 15) is 0 Å². The van der Waals surface area contributed by atoms with E-state index >= 15 is 0 Å². The highest BCUT2D eigenvalue weighted by Gasteiger charge is 2.31. The Labute approximate surface area is 133 Å². The molecule has 2 aliphatic rings. The van der Waals surface area contributed by atoms with Crippen molar-refractivity contribution in [1.82, 2.24) is 14.7 Å². The molecule has 1 saturated heterocycles. The van der Waals surface area contributed by atoms with E-state index in [2.05, 4.69) is 21.8 Å². The van der Waals surface area contributed by atoms with Gasteiger partial charge in [0.15, 0.2) is 0 Å². The number of aromatic nitrogens is 2. The van der Waals surface area contributed by atoms with Gasteiger partial charge in [0, 0.05) is 33.4 Å². The van der Waals surface area contributed by atoms with Gasteiger partial charge in [0.2, 0.25) is 0 Å².